The van der Waals surface area contributed by atoms with E-state index in [1.165, 1.54) is 17.0 Å². The lowest BCUT2D eigenvalue weighted by Crippen LogP contribution is -2.28. The zero-order valence-electron chi connectivity index (χ0n) is 16.2. The summed E-state index contributed by atoms with van der Waals surface area (Å²) in [6.07, 6.45) is 2.72. The quantitative estimate of drug-likeness (QED) is 0.555. The van der Waals surface area contributed by atoms with Crippen LogP contribution in [0.25, 0.3) is 22.2 Å². The van der Waals surface area contributed by atoms with Gasteiger partial charge in [-0.15, -0.1) is 0 Å². The normalized spacial score (nSPS) is 16.4. The van der Waals surface area contributed by atoms with Gasteiger partial charge in [0.15, 0.2) is 0 Å². The number of aryl methyl sites for hydroxylation is 2. The third-order valence-corrected chi connectivity index (χ3v) is 5.53. The fourth-order valence-electron chi connectivity index (χ4n) is 4.03. The first-order valence-electron chi connectivity index (χ1n) is 9.76. The molecule has 2 aromatic carbocycles. The maximum Gasteiger partial charge on any atom is 0.123 e. The van der Waals surface area contributed by atoms with Gasteiger partial charge >= 0.3 is 0 Å². The minimum atomic E-state index is -0.207. The van der Waals surface area contributed by atoms with Crippen molar-refractivity contribution >= 4 is 10.9 Å². The van der Waals surface area contributed by atoms with Crippen LogP contribution in [0.1, 0.15) is 24.0 Å². The van der Waals surface area contributed by atoms with E-state index in [-0.39, 0.29) is 11.9 Å². The number of allylic oxidation sites excluding steroid dienone is 1. The third kappa shape index (κ3) is 3.55. The molecule has 1 aliphatic rings. The van der Waals surface area contributed by atoms with E-state index in [0.717, 1.165) is 59.5 Å². The van der Waals surface area contributed by atoms with E-state index in [1.807, 2.05) is 19.1 Å². The summed E-state index contributed by atoms with van der Waals surface area (Å²) >= 11 is 0. The van der Waals surface area contributed by atoms with E-state index in [1.54, 1.807) is 6.07 Å². The number of hydrogen-bond donors (Lipinski definition) is 3. The molecule has 0 amide bonds. The molecule has 0 spiro atoms. The lowest BCUT2D eigenvalue weighted by atomic mass is 9.97. The molecule has 2 heterocycles. The van der Waals surface area contributed by atoms with Crippen molar-refractivity contribution in [2.45, 2.75) is 32.2 Å². The van der Waals surface area contributed by atoms with Crippen molar-refractivity contribution in [1.29, 1.82) is 0 Å². The Labute approximate surface area is 165 Å². The highest BCUT2D eigenvalue weighted by molar-refractivity contribution is 5.91. The van der Waals surface area contributed by atoms with E-state index in [2.05, 4.69) is 47.0 Å². The van der Waals surface area contributed by atoms with Gasteiger partial charge in [0, 0.05) is 40.1 Å². The predicted octanol–water partition coefficient (Wildman–Crippen LogP) is 5.19. The number of para-hydroxylation sites is 1. The van der Waals surface area contributed by atoms with Crippen LogP contribution in [0, 0.1) is 12.7 Å². The van der Waals surface area contributed by atoms with Gasteiger partial charge in [-0.3, -0.25) is 0 Å². The Morgan fingerprint density at radius 1 is 1.25 bits per heavy atom. The molecule has 4 rings (SSSR count). The highest BCUT2D eigenvalue weighted by Gasteiger charge is 2.19. The molecule has 0 aliphatic carbocycles. The first-order chi connectivity index (χ1) is 13.5. The number of hydrogen-bond acceptors (Lipinski definition) is 2. The van der Waals surface area contributed by atoms with Crippen molar-refractivity contribution in [3.05, 3.63) is 84.0 Å². The highest BCUT2D eigenvalue weighted by atomic mass is 19.1. The van der Waals surface area contributed by atoms with Crippen molar-refractivity contribution in [2.75, 3.05) is 6.54 Å². The summed E-state index contributed by atoms with van der Waals surface area (Å²) in [6.45, 7) is 11.2. The fraction of sp³-hybridized carbons (Fsp3) is 0.250. The molecule has 144 valence electrons. The second-order valence-electron chi connectivity index (χ2n) is 7.52. The summed E-state index contributed by atoms with van der Waals surface area (Å²) in [7, 11) is 0. The van der Waals surface area contributed by atoms with E-state index < -0.39 is 0 Å². The first kappa shape index (κ1) is 18.4. The van der Waals surface area contributed by atoms with Crippen LogP contribution in [0.4, 0.5) is 4.39 Å². The van der Waals surface area contributed by atoms with Gasteiger partial charge in [0.2, 0.25) is 0 Å². The van der Waals surface area contributed by atoms with Crippen LogP contribution in [0.3, 0.4) is 0 Å². The number of nitrogens with one attached hydrogen (secondary N) is 3. The van der Waals surface area contributed by atoms with Crippen LogP contribution in [-0.4, -0.2) is 17.6 Å². The Kier molecular flexibility index (Phi) is 4.95. The number of rotatable bonds is 6. The standard InChI is InChI=1S/C24H26FN3/c1-15-14-18(25)9-11-19(15)24-21(20-6-4-5-7-23(20)28-24)10-8-16(2)27-22-12-13-26-17(22)3/h4-7,9,11,14,22,26-28H,2-3,8,10,12-13H2,1H3. The van der Waals surface area contributed by atoms with Gasteiger partial charge in [0.1, 0.15) is 5.82 Å². The molecule has 0 bridgehead atoms. The summed E-state index contributed by atoms with van der Waals surface area (Å²) in [5, 5.41) is 7.99. The van der Waals surface area contributed by atoms with Crippen LogP contribution < -0.4 is 10.6 Å². The highest BCUT2D eigenvalue weighted by Crippen LogP contribution is 2.33. The van der Waals surface area contributed by atoms with Gasteiger partial charge in [-0.2, -0.15) is 0 Å². The maximum atomic E-state index is 13.6. The maximum absolute atomic E-state index is 13.6. The molecular formula is C24H26FN3. The summed E-state index contributed by atoms with van der Waals surface area (Å²) in [4.78, 5) is 3.55. The molecule has 0 saturated carbocycles. The zero-order valence-corrected chi connectivity index (χ0v) is 16.2. The second-order valence-corrected chi connectivity index (χ2v) is 7.52. The Hall–Kier alpha value is -3.01. The number of aromatic amines is 1. The molecule has 1 atom stereocenters. The number of halogens is 1. The van der Waals surface area contributed by atoms with Crippen LogP contribution >= 0.6 is 0 Å². The largest absolute Gasteiger partial charge is 0.387 e. The molecule has 3 N–H and O–H groups in total. The van der Waals surface area contributed by atoms with Crippen molar-refractivity contribution in [2.24, 2.45) is 0 Å². The molecule has 3 nitrogen and oxygen atoms in total. The SMILES string of the molecule is C=C(CCc1c(-c2ccc(F)cc2C)[nH]c2ccccc12)NC1CCNC1=C. The van der Waals surface area contributed by atoms with Gasteiger partial charge in [0.25, 0.3) is 0 Å². The molecule has 1 aliphatic heterocycles. The Morgan fingerprint density at radius 2 is 2.07 bits per heavy atom. The van der Waals surface area contributed by atoms with Crippen molar-refractivity contribution < 1.29 is 4.39 Å². The number of H-pyrrole nitrogens is 1. The summed E-state index contributed by atoms with van der Waals surface area (Å²) < 4.78 is 13.6. The molecule has 4 heteroatoms. The van der Waals surface area contributed by atoms with Gasteiger partial charge in [-0.05, 0) is 61.6 Å². The summed E-state index contributed by atoms with van der Waals surface area (Å²) in [5.41, 5.74) is 7.44. The topological polar surface area (TPSA) is 39.9 Å². The Bertz CT molecular complexity index is 1050. The van der Waals surface area contributed by atoms with Gasteiger partial charge < -0.3 is 15.6 Å². The van der Waals surface area contributed by atoms with Gasteiger partial charge in [-0.1, -0.05) is 31.4 Å². The Balaban J connectivity index is 1.62. The second kappa shape index (κ2) is 7.55. The first-order valence-corrected chi connectivity index (χ1v) is 9.76. The van der Waals surface area contributed by atoms with Crippen LogP contribution in [-0.2, 0) is 6.42 Å². The molecule has 0 radical (unpaired) electrons. The van der Waals surface area contributed by atoms with Crippen molar-refractivity contribution in [3.8, 4) is 11.3 Å². The van der Waals surface area contributed by atoms with E-state index >= 15 is 0 Å². The minimum Gasteiger partial charge on any atom is -0.387 e. The molecular weight excluding hydrogens is 349 g/mol. The summed E-state index contributed by atoms with van der Waals surface area (Å²) in [6, 6.07) is 13.5. The minimum absolute atomic E-state index is 0.207. The molecule has 1 unspecified atom stereocenters. The van der Waals surface area contributed by atoms with Crippen molar-refractivity contribution in [3.63, 3.8) is 0 Å². The van der Waals surface area contributed by atoms with Crippen molar-refractivity contribution in [1.82, 2.24) is 15.6 Å². The molecule has 1 saturated heterocycles. The Morgan fingerprint density at radius 3 is 2.82 bits per heavy atom. The summed E-state index contributed by atoms with van der Waals surface area (Å²) in [5.74, 6) is -0.207. The van der Waals surface area contributed by atoms with Crippen LogP contribution in [0.15, 0.2) is 67.0 Å². The number of fused-ring (bicyclic) bond motifs is 1. The van der Waals surface area contributed by atoms with Crippen LogP contribution in [0.5, 0.6) is 0 Å². The van der Waals surface area contributed by atoms with E-state index in [0.29, 0.717) is 0 Å². The molecule has 3 aromatic rings. The molecule has 28 heavy (non-hydrogen) atoms. The van der Waals surface area contributed by atoms with Gasteiger partial charge in [-0.25, -0.2) is 4.39 Å². The fourth-order valence-corrected chi connectivity index (χ4v) is 4.03. The van der Waals surface area contributed by atoms with E-state index in [4.69, 9.17) is 0 Å². The molecule has 1 aromatic heterocycles. The third-order valence-electron chi connectivity index (χ3n) is 5.53. The zero-order chi connectivity index (χ0) is 19.7. The number of aromatic nitrogens is 1. The van der Waals surface area contributed by atoms with Crippen LogP contribution in [0.2, 0.25) is 0 Å². The van der Waals surface area contributed by atoms with Gasteiger partial charge in [0.05, 0.1) is 6.04 Å². The predicted molar refractivity (Wildman–Crippen MR) is 115 cm³/mol. The lowest BCUT2D eigenvalue weighted by Gasteiger charge is -2.17. The lowest BCUT2D eigenvalue weighted by molar-refractivity contribution is 0.627. The average Bonchev–Trinajstić information content (AvgIpc) is 3.23. The smallest absolute Gasteiger partial charge is 0.123 e. The van der Waals surface area contributed by atoms with E-state index in [9.17, 15) is 4.39 Å². The monoisotopic (exact) mass is 375 g/mol. The molecule has 1 fully saturated rings. The number of benzene rings is 2. The average molecular weight is 375 g/mol.